The minimum Gasteiger partial charge on any atom is -0.389 e. The largest absolute Gasteiger partial charge is 0.389 e. The predicted molar refractivity (Wildman–Crippen MR) is 152 cm³/mol. The van der Waals surface area contributed by atoms with Gasteiger partial charge in [-0.3, -0.25) is 9.98 Å². The standard InChI is InChI=1S/C30H28N6O2/c37-23-13-31-29(32-14-23)21-7-5-19-9-25(35-27(19)11-21)17-1-2-18(4-3-17)26-10-20-6-8-22(12-28(20)36-26)30-33-15-24(38)16-34-30/h1-12,23-24,35-38H,13-16H2,(H,31,32)(H,33,34). The summed E-state index contributed by atoms with van der Waals surface area (Å²) in [4.78, 5) is 16.0. The third-order valence-electron chi connectivity index (χ3n) is 7.23. The number of fused-ring (bicyclic) bond motifs is 2. The van der Waals surface area contributed by atoms with Gasteiger partial charge in [-0.05, 0) is 35.4 Å². The highest BCUT2D eigenvalue weighted by Crippen LogP contribution is 2.29. The molecule has 6 N–H and O–H groups in total. The van der Waals surface area contributed by atoms with Crippen molar-refractivity contribution in [2.75, 3.05) is 26.2 Å². The maximum absolute atomic E-state index is 9.68. The van der Waals surface area contributed by atoms with E-state index < -0.39 is 12.2 Å². The number of aliphatic hydroxyl groups is 2. The molecule has 2 atom stereocenters. The summed E-state index contributed by atoms with van der Waals surface area (Å²) >= 11 is 0. The zero-order chi connectivity index (χ0) is 25.6. The van der Waals surface area contributed by atoms with E-state index in [1.165, 1.54) is 0 Å². The van der Waals surface area contributed by atoms with Gasteiger partial charge in [0.1, 0.15) is 11.7 Å². The first-order valence-electron chi connectivity index (χ1n) is 12.9. The van der Waals surface area contributed by atoms with Crippen molar-refractivity contribution < 1.29 is 10.2 Å². The molecule has 4 heterocycles. The summed E-state index contributed by atoms with van der Waals surface area (Å²) in [6, 6.07) is 25.4. The van der Waals surface area contributed by atoms with Crippen LogP contribution < -0.4 is 10.6 Å². The summed E-state index contributed by atoms with van der Waals surface area (Å²) in [7, 11) is 0. The number of nitrogens with zero attached hydrogens (tertiary/aromatic N) is 2. The van der Waals surface area contributed by atoms with Crippen LogP contribution in [0.15, 0.2) is 82.8 Å². The van der Waals surface area contributed by atoms with Crippen LogP contribution in [0.5, 0.6) is 0 Å². The van der Waals surface area contributed by atoms with E-state index in [1.54, 1.807) is 0 Å². The molecule has 0 radical (unpaired) electrons. The molecule has 0 saturated carbocycles. The minimum absolute atomic E-state index is 0.422. The third-order valence-corrected chi connectivity index (χ3v) is 7.23. The Morgan fingerprint density at radius 2 is 0.974 bits per heavy atom. The number of hydrogen-bond donors (Lipinski definition) is 6. The van der Waals surface area contributed by atoms with Crippen molar-refractivity contribution in [2.24, 2.45) is 9.98 Å². The molecule has 0 amide bonds. The zero-order valence-corrected chi connectivity index (χ0v) is 20.7. The van der Waals surface area contributed by atoms with Crippen LogP contribution >= 0.6 is 0 Å². The summed E-state index contributed by atoms with van der Waals surface area (Å²) in [5.41, 5.74) is 8.48. The quantitative estimate of drug-likeness (QED) is 0.225. The van der Waals surface area contributed by atoms with Gasteiger partial charge in [0.05, 0.1) is 25.3 Å². The van der Waals surface area contributed by atoms with Crippen LogP contribution in [0.1, 0.15) is 11.1 Å². The van der Waals surface area contributed by atoms with Crippen molar-refractivity contribution in [3.05, 3.63) is 83.9 Å². The molecule has 2 aromatic heterocycles. The van der Waals surface area contributed by atoms with Crippen LogP contribution in [0.25, 0.3) is 44.3 Å². The van der Waals surface area contributed by atoms with Crippen LogP contribution in [0.2, 0.25) is 0 Å². The first kappa shape index (κ1) is 22.8. The fraction of sp³-hybridized carbons (Fsp3) is 0.200. The van der Waals surface area contributed by atoms with Gasteiger partial charge >= 0.3 is 0 Å². The number of rotatable bonds is 4. The maximum Gasteiger partial charge on any atom is 0.128 e. The van der Waals surface area contributed by atoms with Crippen molar-refractivity contribution in [3.63, 3.8) is 0 Å². The normalized spacial score (nSPS) is 19.6. The lowest BCUT2D eigenvalue weighted by Crippen LogP contribution is -2.39. The number of β-amino-alcohol motifs (C(OH)–C–C–N with tert-alkyl or cyclic N) is 2. The number of H-pyrrole nitrogens is 2. The van der Waals surface area contributed by atoms with Crippen molar-refractivity contribution >= 4 is 33.5 Å². The first-order valence-corrected chi connectivity index (χ1v) is 12.9. The lowest BCUT2D eigenvalue weighted by molar-refractivity contribution is 0.181. The molecular formula is C30H28N6O2. The molecule has 0 spiro atoms. The van der Waals surface area contributed by atoms with Gasteiger partial charge < -0.3 is 30.8 Å². The molecule has 190 valence electrons. The number of aromatic nitrogens is 2. The predicted octanol–water partition coefficient (Wildman–Crippen LogP) is 3.40. The van der Waals surface area contributed by atoms with Crippen molar-refractivity contribution in [3.8, 4) is 22.5 Å². The number of aromatic amines is 2. The van der Waals surface area contributed by atoms with Crippen LogP contribution in [-0.4, -0.2) is 70.2 Å². The molecule has 38 heavy (non-hydrogen) atoms. The highest BCUT2D eigenvalue weighted by atomic mass is 16.3. The molecule has 2 aliphatic heterocycles. The second-order valence-corrected chi connectivity index (χ2v) is 10.00. The Balaban J connectivity index is 1.14. The van der Waals surface area contributed by atoms with Crippen LogP contribution in [0.3, 0.4) is 0 Å². The number of amidine groups is 2. The summed E-state index contributed by atoms with van der Waals surface area (Å²) < 4.78 is 0. The van der Waals surface area contributed by atoms with Gasteiger partial charge in [0, 0.05) is 57.4 Å². The first-order chi connectivity index (χ1) is 18.6. The maximum atomic E-state index is 9.68. The van der Waals surface area contributed by atoms with Gasteiger partial charge in [-0.2, -0.15) is 0 Å². The Morgan fingerprint density at radius 3 is 1.37 bits per heavy atom. The molecule has 0 fully saturated rings. The molecule has 5 aromatic rings. The van der Waals surface area contributed by atoms with E-state index in [-0.39, 0.29) is 0 Å². The number of hydrogen-bond acceptors (Lipinski definition) is 6. The molecule has 0 saturated heterocycles. The van der Waals surface area contributed by atoms with Gasteiger partial charge in [0.15, 0.2) is 0 Å². The Bertz CT molecular complexity index is 1590. The molecule has 2 aliphatic rings. The van der Waals surface area contributed by atoms with Crippen molar-refractivity contribution in [1.82, 2.24) is 20.6 Å². The number of aliphatic imine (C=N–C) groups is 2. The van der Waals surface area contributed by atoms with Gasteiger partial charge in [-0.25, -0.2) is 0 Å². The van der Waals surface area contributed by atoms with E-state index in [2.05, 4.69) is 103 Å². The highest BCUT2D eigenvalue weighted by Gasteiger charge is 2.16. The second-order valence-electron chi connectivity index (χ2n) is 10.00. The average Bonchev–Trinajstić information content (AvgIpc) is 3.58. The van der Waals surface area contributed by atoms with Gasteiger partial charge in [-0.15, -0.1) is 0 Å². The molecule has 8 nitrogen and oxygen atoms in total. The fourth-order valence-corrected chi connectivity index (χ4v) is 5.14. The Labute approximate surface area is 219 Å². The van der Waals surface area contributed by atoms with Crippen LogP contribution in [0, 0.1) is 0 Å². The van der Waals surface area contributed by atoms with Gasteiger partial charge in [-0.1, -0.05) is 48.5 Å². The van der Waals surface area contributed by atoms with E-state index >= 15 is 0 Å². The van der Waals surface area contributed by atoms with Crippen molar-refractivity contribution in [2.45, 2.75) is 12.2 Å². The van der Waals surface area contributed by atoms with E-state index in [0.717, 1.165) is 67.1 Å². The van der Waals surface area contributed by atoms with Crippen LogP contribution in [-0.2, 0) is 0 Å². The summed E-state index contributed by atoms with van der Waals surface area (Å²) in [5.74, 6) is 1.65. The minimum atomic E-state index is -0.422. The molecule has 7 rings (SSSR count). The van der Waals surface area contributed by atoms with E-state index in [0.29, 0.717) is 26.2 Å². The average molecular weight is 505 g/mol. The molecule has 2 unspecified atom stereocenters. The van der Waals surface area contributed by atoms with E-state index in [4.69, 9.17) is 0 Å². The molecule has 3 aromatic carbocycles. The smallest absolute Gasteiger partial charge is 0.128 e. The Hall–Kier alpha value is -4.40. The molecule has 8 heteroatoms. The topological polar surface area (TPSA) is 121 Å². The lowest BCUT2D eigenvalue weighted by atomic mass is 10.1. The Morgan fingerprint density at radius 1 is 0.553 bits per heavy atom. The highest BCUT2D eigenvalue weighted by molar-refractivity contribution is 6.03. The zero-order valence-electron chi connectivity index (χ0n) is 20.7. The third kappa shape index (κ3) is 4.23. The Kier molecular flexibility index (Phi) is 5.49. The monoisotopic (exact) mass is 504 g/mol. The summed E-state index contributed by atoms with van der Waals surface area (Å²) in [5, 5.41) is 28.1. The van der Waals surface area contributed by atoms with Crippen LogP contribution in [0.4, 0.5) is 0 Å². The molecule has 0 aliphatic carbocycles. The number of benzene rings is 3. The SMILES string of the molecule is OC1CN=C(c2ccc3cc(-c4ccc(-c5cc6ccc(C7=NCC(O)CN7)cc6[nH]5)cc4)[nH]c3c2)NC1. The fourth-order valence-electron chi connectivity index (χ4n) is 5.14. The number of aliphatic hydroxyl groups excluding tert-OH is 2. The second kappa shape index (κ2) is 9.16. The summed E-state index contributed by atoms with van der Waals surface area (Å²) in [6.07, 6.45) is -0.844. The van der Waals surface area contributed by atoms with Gasteiger partial charge in [0.2, 0.25) is 0 Å². The van der Waals surface area contributed by atoms with E-state index in [1.807, 2.05) is 0 Å². The van der Waals surface area contributed by atoms with E-state index in [9.17, 15) is 10.2 Å². The van der Waals surface area contributed by atoms with Gasteiger partial charge in [0.25, 0.3) is 0 Å². The lowest BCUT2D eigenvalue weighted by Gasteiger charge is -2.19. The molecule has 0 bridgehead atoms. The molecular weight excluding hydrogens is 476 g/mol. The number of nitrogens with one attached hydrogen (secondary N) is 4. The summed E-state index contributed by atoms with van der Waals surface area (Å²) in [6.45, 7) is 1.90. The van der Waals surface area contributed by atoms with Crippen molar-refractivity contribution in [1.29, 1.82) is 0 Å².